The van der Waals surface area contributed by atoms with Crippen LogP contribution in [-0.2, 0) is 10.0 Å². The molecule has 1 aromatic heterocycles. The second kappa shape index (κ2) is 6.14. The van der Waals surface area contributed by atoms with Gasteiger partial charge in [0, 0.05) is 24.5 Å². The summed E-state index contributed by atoms with van der Waals surface area (Å²) in [6, 6.07) is 7.43. The normalized spacial score (nSPS) is 26.7. The first-order valence-corrected chi connectivity index (χ1v) is 10.1. The number of benzene rings is 1. The van der Waals surface area contributed by atoms with Crippen molar-refractivity contribution in [1.82, 2.24) is 14.1 Å². The number of rotatable bonds is 4. The van der Waals surface area contributed by atoms with Crippen LogP contribution in [0.25, 0.3) is 0 Å². The van der Waals surface area contributed by atoms with Crippen LogP contribution in [-0.4, -0.2) is 41.7 Å². The van der Waals surface area contributed by atoms with Crippen molar-refractivity contribution in [3.8, 4) is 5.75 Å². The predicted molar refractivity (Wildman–Crippen MR) is 94.1 cm³/mol. The number of hydrogen-bond acceptors (Lipinski definition) is 4. The van der Waals surface area contributed by atoms with Crippen molar-refractivity contribution in [3.63, 3.8) is 0 Å². The zero-order valence-electron chi connectivity index (χ0n) is 14.5. The number of aromatic nitrogens is 2. The topological polar surface area (TPSA) is 64.4 Å². The van der Waals surface area contributed by atoms with Crippen molar-refractivity contribution in [3.05, 3.63) is 42.2 Å². The highest BCUT2D eigenvalue weighted by Crippen LogP contribution is 2.43. The van der Waals surface area contributed by atoms with Crippen molar-refractivity contribution in [2.24, 2.45) is 0 Å². The third kappa shape index (κ3) is 2.75. The first-order chi connectivity index (χ1) is 12.0. The summed E-state index contributed by atoms with van der Waals surface area (Å²) in [5.41, 5.74) is 0.836. The number of hydrogen-bond donors (Lipinski definition) is 0. The molecule has 4 rings (SSSR count). The number of methoxy groups -OCH3 is 1. The molecular formula is C18H23N3O3S. The van der Waals surface area contributed by atoms with E-state index in [0.29, 0.717) is 10.6 Å². The highest BCUT2D eigenvalue weighted by molar-refractivity contribution is 7.89. The molecule has 7 heteroatoms. The monoisotopic (exact) mass is 361 g/mol. The summed E-state index contributed by atoms with van der Waals surface area (Å²) in [5.74, 6) is 0.708. The number of piperidine rings is 1. The number of aryl methyl sites for hydroxylation is 1. The van der Waals surface area contributed by atoms with Gasteiger partial charge in [-0.2, -0.15) is 9.40 Å². The van der Waals surface area contributed by atoms with Gasteiger partial charge in [-0.15, -0.1) is 0 Å². The molecule has 2 atom stereocenters. The third-order valence-corrected chi connectivity index (χ3v) is 7.48. The Morgan fingerprint density at radius 1 is 1.16 bits per heavy atom. The minimum absolute atomic E-state index is 0.0559. The summed E-state index contributed by atoms with van der Waals surface area (Å²) in [6.45, 7) is 1.87. The van der Waals surface area contributed by atoms with E-state index < -0.39 is 10.0 Å². The number of ether oxygens (including phenoxy) is 1. The van der Waals surface area contributed by atoms with Gasteiger partial charge in [0.15, 0.2) is 0 Å². The maximum absolute atomic E-state index is 13.3. The van der Waals surface area contributed by atoms with Gasteiger partial charge in [-0.05, 0) is 62.4 Å². The maximum atomic E-state index is 13.3. The molecule has 2 fully saturated rings. The molecule has 0 aliphatic carbocycles. The van der Waals surface area contributed by atoms with E-state index in [1.165, 1.54) is 0 Å². The summed E-state index contributed by atoms with van der Waals surface area (Å²) >= 11 is 0. The van der Waals surface area contributed by atoms with E-state index in [2.05, 4.69) is 5.10 Å². The highest BCUT2D eigenvalue weighted by Gasteiger charge is 2.47. The summed E-state index contributed by atoms with van der Waals surface area (Å²) in [4.78, 5) is 0.361. The minimum Gasteiger partial charge on any atom is -0.496 e. The summed E-state index contributed by atoms with van der Waals surface area (Å²) < 4.78 is 35.5. The Labute approximate surface area is 148 Å². The quantitative estimate of drug-likeness (QED) is 0.840. The van der Waals surface area contributed by atoms with Crippen LogP contribution in [0.1, 0.15) is 37.3 Å². The average molecular weight is 361 g/mol. The number of nitrogens with zero attached hydrogens (tertiary/aromatic N) is 3. The first-order valence-electron chi connectivity index (χ1n) is 8.68. The van der Waals surface area contributed by atoms with E-state index in [1.54, 1.807) is 35.8 Å². The predicted octanol–water partition coefficient (Wildman–Crippen LogP) is 2.76. The lowest BCUT2D eigenvalue weighted by atomic mass is 10.00. The zero-order valence-corrected chi connectivity index (χ0v) is 15.3. The third-order valence-electron chi connectivity index (χ3n) is 5.48. The highest BCUT2D eigenvalue weighted by atomic mass is 32.2. The van der Waals surface area contributed by atoms with Crippen LogP contribution in [0.15, 0.2) is 41.6 Å². The molecule has 2 aliphatic rings. The first kappa shape index (κ1) is 16.6. The van der Waals surface area contributed by atoms with Gasteiger partial charge in [-0.1, -0.05) is 0 Å². The van der Waals surface area contributed by atoms with Crippen molar-refractivity contribution >= 4 is 10.0 Å². The number of fused-ring (bicyclic) bond motifs is 2. The second-order valence-corrected chi connectivity index (χ2v) is 8.81. The molecule has 0 N–H and O–H groups in total. The van der Waals surface area contributed by atoms with E-state index in [9.17, 15) is 8.42 Å². The van der Waals surface area contributed by atoms with Gasteiger partial charge in [0.05, 0.1) is 18.0 Å². The molecule has 2 bridgehead atoms. The van der Waals surface area contributed by atoms with Crippen molar-refractivity contribution in [2.75, 3.05) is 7.11 Å². The lowest BCUT2D eigenvalue weighted by Gasteiger charge is -2.38. The van der Waals surface area contributed by atoms with E-state index in [0.717, 1.165) is 31.2 Å². The van der Waals surface area contributed by atoms with Gasteiger partial charge >= 0.3 is 0 Å². The molecule has 25 heavy (non-hydrogen) atoms. The molecule has 2 aromatic rings. The fraction of sp³-hybridized carbons (Fsp3) is 0.500. The van der Waals surface area contributed by atoms with Crippen LogP contribution in [0, 0.1) is 6.92 Å². The van der Waals surface area contributed by atoms with Gasteiger partial charge < -0.3 is 4.74 Å². The van der Waals surface area contributed by atoms with Gasteiger partial charge in [-0.3, -0.25) is 4.68 Å². The van der Waals surface area contributed by atoms with Crippen molar-refractivity contribution in [2.45, 2.75) is 55.6 Å². The molecule has 134 valence electrons. The molecule has 1 aromatic carbocycles. The Bertz CT molecular complexity index is 850. The van der Waals surface area contributed by atoms with Crippen LogP contribution in [0.5, 0.6) is 5.75 Å². The largest absolute Gasteiger partial charge is 0.496 e. The summed E-state index contributed by atoms with van der Waals surface area (Å²) in [6.07, 6.45) is 7.26. The van der Waals surface area contributed by atoms with Crippen molar-refractivity contribution < 1.29 is 13.2 Å². The molecule has 0 radical (unpaired) electrons. The Hall–Kier alpha value is -1.86. The Morgan fingerprint density at radius 2 is 1.88 bits per heavy atom. The molecule has 3 heterocycles. The summed E-state index contributed by atoms with van der Waals surface area (Å²) in [5, 5.41) is 4.35. The SMILES string of the molecule is COc1ccc(S(=O)(=O)N2C3CCC2CC(n2cccn2)C3)cc1C. The fourth-order valence-electron chi connectivity index (χ4n) is 4.34. The molecule has 2 saturated heterocycles. The van der Waals surface area contributed by atoms with Crippen LogP contribution < -0.4 is 4.74 Å². The van der Waals surface area contributed by atoms with Gasteiger partial charge in [-0.25, -0.2) is 8.42 Å². The lowest BCUT2D eigenvalue weighted by molar-refractivity contribution is 0.185. The molecule has 2 aliphatic heterocycles. The van der Waals surface area contributed by atoms with Crippen molar-refractivity contribution in [1.29, 1.82) is 0 Å². The Balaban J connectivity index is 1.63. The second-order valence-electron chi connectivity index (χ2n) is 6.96. The smallest absolute Gasteiger partial charge is 0.243 e. The zero-order chi connectivity index (χ0) is 17.6. The summed E-state index contributed by atoms with van der Waals surface area (Å²) in [7, 11) is -1.90. The maximum Gasteiger partial charge on any atom is 0.243 e. The molecule has 0 amide bonds. The van der Waals surface area contributed by atoms with E-state index in [4.69, 9.17) is 4.74 Å². The lowest BCUT2D eigenvalue weighted by Crippen LogP contribution is -2.46. The van der Waals surface area contributed by atoms with Crippen LogP contribution in [0.4, 0.5) is 0 Å². The van der Waals surface area contributed by atoms with Gasteiger partial charge in [0.2, 0.25) is 10.0 Å². The Kier molecular flexibility index (Phi) is 4.08. The van der Waals surface area contributed by atoms with Gasteiger partial charge in [0.25, 0.3) is 0 Å². The standard InChI is InChI=1S/C18H23N3O3S/c1-13-10-17(6-7-18(13)24-2)25(22,23)21-14-4-5-15(21)12-16(11-14)20-9-3-8-19-20/h3,6-10,14-16H,4-5,11-12H2,1-2H3. The van der Waals surface area contributed by atoms with Crippen LogP contribution >= 0.6 is 0 Å². The minimum atomic E-state index is -3.49. The molecule has 2 unspecified atom stereocenters. The molecular weight excluding hydrogens is 338 g/mol. The van der Waals surface area contributed by atoms with E-state index >= 15 is 0 Å². The Morgan fingerprint density at radius 3 is 2.44 bits per heavy atom. The fourth-order valence-corrected chi connectivity index (χ4v) is 6.32. The molecule has 0 saturated carbocycles. The van der Waals surface area contributed by atoms with E-state index in [1.807, 2.05) is 23.9 Å². The van der Waals surface area contributed by atoms with Gasteiger partial charge in [0.1, 0.15) is 5.75 Å². The average Bonchev–Trinajstić information content (AvgIpc) is 3.22. The van der Waals surface area contributed by atoms with E-state index in [-0.39, 0.29) is 18.1 Å². The van der Waals surface area contributed by atoms with Crippen LogP contribution in [0.3, 0.4) is 0 Å². The van der Waals surface area contributed by atoms with Crippen LogP contribution in [0.2, 0.25) is 0 Å². The number of sulfonamides is 1. The molecule has 0 spiro atoms. The molecule has 6 nitrogen and oxygen atoms in total.